The summed E-state index contributed by atoms with van der Waals surface area (Å²) in [5.41, 5.74) is 3.79. The van der Waals surface area contributed by atoms with Crippen molar-refractivity contribution in [3.05, 3.63) is 61.1 Å². The summed E-state index contributed by atoms with van der Waals surface area (Å²) in [6.45, 7) is 1.96. The highest BCUT2D eigenvalue weighted by Crippen LogP contribution is 2.46. The van der Waals surface area contributed by atoms with Gasteiger partial charge in [0.1, 0.15) is 4.64 Å². The Morgan fingerprint density at radius 3 is 2.61 bits per heavy atom. The minimum atomic E-state index is -0.111. The van der Waals surface area contributed by atoms with Crippen molar-refractivity contribution in [2.45, 2.75) is 12.8 Å². The lowest BCUT2D eigenvalue weighted by Crippen LogP contribution is -2.14. The summed E-state index contributed by atoms with van der Waals surface area (Å²) in [6, 6.07) is 7.68. The van der Waals surface area contributed by atoms with Gasteiger partial charge in [0.25, 0.3) is 0 Å². The van der Waals surface area contributed by atoms with Crippen LogP contribution in [0, 0.1) is 16.3 Å². The van der Waals surface area contributed by atoms with Crippen LogP contribution in [-0.4, -0.2) is 20.2 Å². The van der Waals surface area contributed by atoms with E-state index in [1.54, 1.807) is 0 Å². The molecule has 0 spiro atoms. The molecule has 3 aromatic rings. The predicted molar refractivity (Wildman–Crippen MR) is 92.6 cm³/mol. The quantitative estimate of drug-likeness (QED) is 0.426. The highest BCUT2D eigenvalue weighted by atomic mass is 35.5. The number of benzene rings is 1. The molecule has 0 fully saturated rings. The van der Waals surface area contributed by atoms with Gasteiger partial charge in [-0.05, 0) is 36.8 Å². The Hall–Kier alpha value is -1.96. The summed E-state index contributed by atoms with van der Waals surface area (Å²) in [7, 11) is 0. The van der Waals surface area contributed by atoms with Crippen LogP contribution in [0.25, 0.3) is 0 Å². The lowest BCUT2D eigenvalue weighted by Gasteiger charge is -2.25. The van der Waals surface area contributed by atoms with E-state index in [0.29, 0.717) is 26.2 Å². The first-order chi connectivity index (χ1) is 11.0. The zero-order valence-electron chi connectivity index (χ0n) is 11.9. The van der Waals surface area contributed by atoms with Crippen LogP contribution < -0.4 is 4.74 Å². The number of fused-ring (bicyclic) bond motifs is 2. The van der Waals surface area contributed by atoms with Gasteiger partial charge in [-0.2, -0.15) is 0 Å². The van der Waals surface area contributed by atoms with Gasteiger partial charge in [0.2, 0.25) is 11.8 Å². The molecular formula is C15H11ClN4OS2. The largest absolute Gasteiger partial charge is 0.420 e. The summed E-state index contributed by atoms with van der Waals surface area (Å²) in [5, 5.41) is 7.89. The van der Waals surface area contributed by atoms with E-state index in [-0.39, 0.29) is 5.92 Å². The van der Waals surface area contributed by atoms with Crippen molar-refractivity contribution in [2.75, 3.05) is 0 Å². The smallest absolute Gasteiger partial charge is 0.244 e. The first kappa shape index (κ1) is 14.6. The second-order valence-electron chi connectivity index (χ2n) is 5.31. The topological polar surface area (TPSA) is 69.5 Å². The van der Waals surface area contributed by atoms with Crippen LogP contribution in [0.3, 0.4) is 0 Å². The molecule has 4 rings (SSSR count). The molecule has 1 unspecified atom stereocenters. The van der Waals surface area contributed by atoms with E-state index in [9.17, 15) is 0 Å². The van der Waals surface area contributed by atoms with Crippen LogP contribution in [0.5, 0.6) is 11.8 Å². The predicted octanol–water partition coefficient (Wildman–Crippen LogP) is 4.77. The molecule has 3 heterocycles. The van der Waals surface area contributed by atoms with Crippen LogP contribution in [0.4, 0.5) is 0 Å². The number of aromatic nitrogens is 4. The number of hydrogen-bond donors (Lipinski definition) is 3. The molecule has 0 aliphatic carbocycles. The molecule has 8 heteroatoms. The van der Waals surface area contributed by atoms with Crippen molar-refractivity contribution >= 4 is 36.0 Å². The van der Waals surface area contributed by atoms with E-state index in [1.807, 2.05) is 31.2 Å². The summed E-state index contributed by atoms with van der Waals surface area (Å²) in [4.78, 5) is 6.01. The number of aromatic amines is 3. The summed E-state index contributed by atoms with van der Waals surface area (Å²) >= 11 is 16.7. The molecular weight excluding hydrogens is 352 g/mol. The molecule has 1 atom stereocenters. The molecule has 0 amide bonds. The third kappa shape index (κ3) is 2.32. The molecule has 1 aromatic carbocycles. The zero-order chi connectivity index (χ0) is 16.1. The zero-order valence-corrected chi connectivity index (χ0v) is 14.3. The highest BCUT2D eigenvalue weighted by Gasteiger charge is 2.34. The van der Waals surface area contributed by atoms with Crippen molar-refractivity contribution in [1.29, 1.82) is 0 Å². The number of halogens is 1. The second-order valence-corrected chi connectivity index (χ2v) is 6.56. The Morgan fingerprint density at radius 1 is 1.13 bits per heavy atom. The Balaban J connectivity index is 2.04. The molecule has 0 bridgehead atoms. The number of hydrogen-bond acceptors (Lipinski definition) is 4. The summed E-state index contributed by atoms with van der Waals surface area (Å²) < 4.78 is 6.82. The van der Waals surface area contributed by atoms with Crippen molar-refractivity contribution in [1.82, 2.24) is 20.2 Å². The Labute approximate surface area is 146 Å². The molecule has 116 valence electrons. The average molecular weight is 363 g/mol. The van der Waals surface area contributed by atoms with Gasteiger partial charge < -0.3 is 14.7 Å². The molecule has 1 aliphatic heterocycles. The number of nitrogens with one attached hydrogen (secondary N) is 3. The van der Waals surface area contributed by atoms with E-state index >= 15 is 0 Å². The Bertz CT molecular complexity index is 1020. The number of nitrogens with zero attached hydrogens (tertiary/aromatic N) is 1. The minimum Gasteiger partial charge on any atom is -0.420 e. The maximum Gasteiger partial charge on any atom is 0.244 e. The second kappa shape index (κ2) is 5.30. The fraction of sp³-hybridized carbons (Fsp3) is 0.133. The molecule has 0 radical (unpaired) electrons. The first-order valence-electron chi connectivity index (χ1n) is 6.89. The van der Waals surface area contributed by atoms with Crippen molar-refractivity contribution in [3.8, 4) is 11.8 Å². The third-order valence-electron chi connectivity index (χ3n) is 3.88. The van der Waals surface area contributed by atoms with Gasteiger partial charge in [-0.15, -0.1) is 5.10 Å². The normalized spacial score (nSPS) is 15.7. The molecule has 5 nitrogen and oxygen atoms in total. The molecule has 0 saturated heterocycles. The monoisotopic (exact) mass is 362 g/mol. The van der Waals surface area contributed by atoms with Crippen LogP contribution in [0.1, 0.15) is 28.3 Å². The van der Waals surface area contributed by atoms with E-state index in [4.69, 9.17) is 40.8 Å². The van der Waals surface area contributed by atoms with E-state index < -0.39 is 0 Å². The van der Waals surface area contributed by atoms with Crippen LogP contribution in [0.15, 0.2) is 24.3 Å². The maximum atomic E-state index is 6.02. The number of rotatable bonds is 1. The van der Waals surface area contributed by atoms with E-state index in [1.165, 1.54) is 0 Å². The highest BCUT2D eigenvalue weighted by molar-refractivity contribution is 7.72. The lowest BCUT2D eigenvalue weighted by molar-refractivity contribution is 0.414. The van der Waals surface area contributed by atoms with Gasteiger partial charge in [-0.25, -0.2) is 0 Å². The Morgan fingerprint density at radius 2 is 1.87 bits per heavy atom. The molecule has 2 aromatic heterocycles. The Kier molecular flexibility index (Phi) is 3.37. The number of ether oxygens (including phenoxy) is 1. The minimum absolute atomic E-state index is 0.111. The fourth-order valence-electron chi connectivity index (χ4n) is 2.88. The van der Waals surface area contributed by atoms with E-state index in [2.05, 4.69) is 20.2 Å². The van der Waals surface area contributed by atoms with Crippen LogP contribution in [-0.2, 0) is 0 Å². The molecule has 3 N–H and O–H groups in total. The van der Waals surface area contributed by atoms with Gasteiger partial charge in [0.15, 0.2) is 4.77 Å². The van der Waals surface area contributed by atoms with Gasteiger partial charge in [0, 0.05) is 22.2 Å². The lowest BCUT2D eigenvalue weighted by atomic mass is 9.85. The number of H-pyrrole nitrogens is 3. The van der Waals surface area contributed by atoms with Crippen molar-refractivity contribution in [3.63, 3.8) is 0 Å². The van der Waals surface area contributed by atoms with Crippen LogP contribution in [0.2, 0.25) is 5.02 Å². The maximum absolute atomic E-state index is 6.02. The molecule has 0 saturated carbocycles. The van der Waals surface area contributed by atoms with E-state index in [0.717, 1.165) is 22.4 Å². The first-order valence-corrected chi connectivity index (χ1v) is 8.08. The van der Waals surface area contributed by atoms with Crippen LogP contribution >= 0.6 is 36.0 Å². The van der Waals surface area contributed by atoms with Gasteiger partial charge in [-0.1, -0.05) is 36.0 Å². The van der Waals surface area contributed by atoms with Gasteiger partial charge in [-0.3, -0.25) is 5.10 Å². The fourth-order valence-corrected chi connectivity index (χ4v) is 3.58. The summed E-state index contributed by atoms with van der Waals surface area (Å²) in [5.74, 6) is 0.944. The van der Waals surface area contributed by atoms with Gasteiger partial charge in [0.05, 0.1) is 5.56 Å². The van der Waals surface area contributed by atoms with Crippen molar-refractivity contribution < 1.29 is 4.74 Å². The summed E-state index contributed by atoms with van der Waals surface area (Å²) in [6.07, 6.45) is 0. The number of aryl methyl sites for hydroxylation is 1. The molecule has 1 aliphatic rings. The van der Waals surface area contributed by atoms with Gasteiger partial charge >= 0.3 is 0 Å². The standard InChI is InChI=1S/C15H11ClN4OS2/c1-6-9-10(7-2-4-8(16)5-3-7)11-12(21-13(9)20-19-6)17-15(23)18-14(11)22/h2-5,10H,1H3,(H,19,20)(H2,17,18,22,23). The molecule has 23 heavy (non-hydrogen) atoms. The average Bonchev–Trinajstić information content (AvgIpc) is 2.87. The SMILES string of the molecule is Cc1[nH]nc2c1C(c1ccc(Cl)cc1)c1c([nH]c(=S)[nH]c1=S)O2. The third-order valence-corrected chi connectivity index (χ3v) is 4.66. The van der Waals surface area contributed by atoms with Crippen molar-refractivity contribution in [2.24, 2.45) is 0 Å².